The Labute approximate surface area is 132 Å². The van der Waals surface area contributed by atoms with Gasteiger partial charge in [-0.3, -0.25) is 4.79 Å². The van der Waals surface area contributed by atoms with E-state index in [0.29, 0.717) is 25.6 Å². The van der Waals surface area contributed by atoms with Crippen LogP contribution < -0.4 is 5.32 Å². The Kier molecular flexibility index (Phi) is 8.22. The Morgan fingerprint density at radius 2 is 1.86 bits per heavy atom. The number of carbonyl (C=O) groups is 2. The molecule has 0 aliphatic carbocycles. The lowest BCUT2D eigenvalue weighted by Crippen LogP contribution is -2.42. The summed E-state index contributed by atoms with van der Waals surface area (Å²) in [6.45, 7) is 4.77. The average Bonchev–Trinajstić information content (AvgIpc) is 2.50. The molecule has 0 saturated heterocycles. The van der Waals surface area contributed by atoms with Crippen molar-refractivity contribution in [1.82, 2.24) is 5.32 Å². The van der Waals surface area contributed by atoms with E-state index in [4.69, 9.17) is 9.47 Å². The fourth-order valence-electron chi connectivity index (χ4n) is 2.02. The minimum atomic E-state index is -0.591. The zero-order valence-corrected chi connectivity index (χ0v) is 13.5. The monoisotopic (exact) mass is 307 g/mol. The highest BCUT2D eigenvalue weighted by Gasteiger charge is 2.22. The molecule has 1 atom stereocenters. The van der Waals surface area contributed by atoms with Crippen molar-refractivity contribution < 1.29 is 19.1 Å². The molecule has 0 fully saturated rings. The minimum Gasteiger partial charge on any atom is -0.467 e. The molecule has 5 nitrogen and oxygen atoms in total. The van der Waals surface area contributed by atoms with Crippen LogP contribution in [0.25, 0.3) is 0 Å². The molecule has 0 saturated carbocycles. The van der Waals surface area contributed by atoms with Gasteiger partial charge in [0.25, 0.3) is 0 Å². The van der Waals surface area contributed by atoms with Crippen molar-refractivity contribution in [2.24, 2.45) is 5.92 Å². The lowest BCUT2D eigenvalue weighted by atomic mass is 10.0. The van der Waals surface area contributed by atoms with Crippen LogP contribution in [0.1, 0.15) is 32.3 Å². The van der Waals surface area contributed by atoms with Gasteiger partial charge in [0.15, 0.2) is 0 Å². The Morgan fingerprint density at radius 3 is 2.45 bits per heavy atom. The quantitative estimate of drug-likeness (QED) is 0.561. The van der Waals surface area contributed by atoms with Crippen LogP contribution in [-0.2, 0) is 25.7 Å². The number of methoxy groups -OCH3 is 1. The Bertz CT molecular complexity index is 459. The molecule has 5 heteroatoms. The molecular weight excluding hydrogens is 282 g/mol. The maximum Gasteiger partial charge on any atom is 0.328 e. The maximum atomic E-state index is 11.9. The van der Waals surface area contributed by atoms with Gasteiger partial charge in [0.1, 0.15) is 6.04 Å². The standard InChI is InChI=1S/C17H25NO4/c1-13(2)11-15(17(20)21-3)18-16(19)9-10-22-12-14-7-5-4-6-8-14/h4-8,13,15H,9-12H2,1-3H3,(H,18,19). The Morgan fingerprint density at radius 1 is 1.18 bits per heavy atom. The molecule has 122 valence electrons. The van der Waals surface area contributed by atoms with Crippen LogP contribution >= 0.6 is 0 Å². The highest BCUT2D eigenvalue weighted by molar-refractivity contribution is 5.84. The number of rotatable bonds is 9. The molecule has 22 heavy (non-hydrogen) atoms. The molecule has 0 spiro atoms. The number of hydrogen-bond donors (Lipinski definition) is 1. The van der Waals surface area contributed by atoms with Gasteiger partial charge >= 0.3 is 5.97 Å². The summed E-state index contributed by atoms with van der Waals surface area (Å²) in [7, 11) is 1.32. The third-order valence-electron chi connectivity index (χ3n) is 3.11. The number of nitrogens with one attached hydrogen (secondary N) is 1. The van der Waals surface area contributed by atoms with Crippen molar-refractivity contribution >= 4 is 11.9 Å². The van der Waals surface area contributed by atoms with Gasteiger partial charge in [-0.25, -0.2) is 4.79 Å². The summed E-state index contributed by atoms with van der Waals surface area (Å²) in [5, 5.41) is 2.70. The molecule has 1 rings (SSSR count). The van der Waals surface area contributed by atoms with Crippen molar-refractivity contribution in [3.63, 3.8) is 0 Å². The van der Waals surface area contributed by atoms with Crippen LogP contribution in [0.2, 0.25) is 0 Å². The fourth-order valence-corrected chi connectivity index (χ4v) is 2.02. The number of benzene rings is 1. The molecule has 1 N–H and O–H groups in total. The first-order chi connectivity index (χ1) is 10.5. The van der Waals surface area contributed by atoms with Gasteiger partial charge in [0.2, 0.25) is 5.91 Å². The molecule has 1 aromatic rings. The molecule has 1 aromatic carbocycles. The third kappa shape index (κ3) is 7.22. The van der Waals surface area contributed by atoms with Crippen LogP contribution in [0, 0.1) is 5.92 Å². The van der Waals surface area contributed by atoms with Crippen LogP contribution in [0.3, 0.4) is 0 Å². The average molecular weight is 307 g/mol. The summed E-state index contributed by atoms with van der Waals surface area (Å²) in [6.07, 6.45) is 0.779. The van der Waals surface area contributed by atoms with Gasteiger partial charge < -0.3 is 14.8 Å². The fraction of sp³-hybridized carbons (Fsp3) is 0.529. The molecule has 1 amide bonds. The second-order valence-electron chi connectivity index (χ2n) is 5.56. The van der Waals surface area contributed by atoms with Gasteiger partial charge in [-0.2, -0.15) is 0 Å². The second kappa shape index (κ2) is 9.95. The van der Waals surface area contributed by atoms with Crippen molar-refractivity contribution in [2.75, 3.05) is 13.7 Å². The Balaban J connectivity index is 2.29. The van der Waals surface area contributed by atoms with E-state index < -0.39 is 12.0 Å². The predicted octanol–water partition coefficient (Wildman–Crippen LogP) is 2.30. The molecule has 1 unspecified atom stereocenters. The van der Waals surface area contributed by atoms with E-state index in [1.54, 1.807) is 0 Å². The maximum absolute atomic E-state index is 11.9. The van der Waals surface area contributed by atoms with E-state index in [0.717, 1.165) is 5.56 Å². The van der Waals surface area contributed by atoms with E-state index >= 15 is 0 Å². The van der Waals surface area contributed by atoms with Crippen molar-refractivity contribution in [3.05, 3.63) is 35.9 Å². The number of ether oxygens (including phenoxy) is 2. The number of esters is 1. The normalized spacial score (nSPS) is 12.0. The summed E-state index contributed by atoms with van der Waals surface area (Å²) in [4.78, 5) is 23.5. The first-order valence-electron chi connectivity index (χ1n) is 7.51. The van der Waals surface area contributed by atoms with Crippen LogP contribution in [0.15, 0.2) is 30.3 Å². The van der Waals surface area contributed by atoms with E-state index in [1.165, 1.54) is 7.11 Å². The summed E-state index contributed by atoms with van der Waals surface area (Å²) in [5.74, 6) is -0.324. The van der Waals surface area contributed by atoms with E-state index in [1.807, 2.05) is 44.2 Å². The zero-order valence-electron chi connectivity index (χ0n) is 13.5. The summed E-state index contributed by atoms with van der Waals surface area (Å²) < 4.78 is 10.2. The highest BCUT2D eigenvalue weighted by atomic mass is 16.5. The van der Waals surface area contributed by atoms with Gasteiger partial charge in [0, 0.05) is 6.42 Å². The lowest BCUT2D eigenvalue weighted by Gasteiger charge is -2.18. The van der Waals surface area contributed by atoms with Crippen molar-refractivity contribution in [1.29, 1.82) is 0 Å². The van der Waals surface area contributed by atoms with E-state index in [-0.39, 0.29) is 12.3 Å². The van der Waals surface area contributed by atoms with Crippen LogP contribution in [-0.4, -0.2) is 31.6 Å². The van der Waals surface area contributed by atoms with Gasteiger partial charge in [0.05, 0.1) is 20.3 Å². The van der Waals surface area contributed by atoms with E-state index in [9.17, 15) is 9.59 Å². The topological polar surface area (TPSA) is 64.6 Å². The molecule has 0 aliphatic rings. The van der Waals surface area contributed by atoms with Crippen LogP contribution in [0.4, 0.5) is 0 Å². The largest absolute Gasteiger partial charge is 0.467 e. The molecule has 0 aliphatic heterocycles. The smallest absolute Gasteiger partial charge is 0.328 e. The third-order valence-corrected chi connectivity index (χ3v) is 3.11. The molecule has 0 bridgehead atoms. The SMILES string of the molecule is COC(=O)C(CC(C)C)NC(=O)CCOCc1ccccc1. The minimum absolute atomic E-state index is 0.205. The van der Waals surface area contributed by atoms with Gasteiger partial charge in [-0.15, -0.1) is 0 Å². The second-order valence-corrected chi connectivity index (χ2v) is 5.56. The lowest BCUT2D eigenvalue weighted by molar-refractivity contribution is -0.145. The predicted molar refractivity (Wildman–Crippen MR) is 84.1 cm³/mol. The first-order valence-corrected chi connectivity index (χ1v) is 7.51. The number of hydrogen-bond acceptors (Lipinski definition) is 4. The molecule has 0 heterocycles. The van der Waals surface area contributed by atoms with Gasteiger partial charge in [-0.05, 0) is 17.9 Å². The van der Waals surface area contributed by atoms with Crippen molar-refractivity contribution in [2.45, 2.75) is 39.3 Å². The van der Waals surface area contributed by atoms with Gasteiger partial charge in [-0.1, -0.05) is 44.2 Å². The summed E-state index contributed by atoms with van der Waals surface area (Å²) in [5.41, 5.74) is 1.06. The van der Waals surface area contributed by atoms with Crippen molar-refractivity contribution in [3.8, 4) is 0 Å². The molecule has 0 radical (unpaired) electrons. The number of amides is 1. The molecule has 0 aromatic heterocycles. The summed E-state index contributed by atoms with van der Waals surface area (Å²) in [6, 6.07) is 9.17. The van der Waals surface area contributed by atoms with Crippen LogP contribution in [0.5, 0.6) is 0 Å². The Hall–Kier alpha value is -1.88. The number of carbonyl (C=O) groups excluding carboxylic acids is 2. The summed E-state index contributed by atoms with van der Waals surface area (Å²) >= 11 is 0. The highest BCUT2D eigenvalue weighted by Crippen LogP contribution is 2.07. The molecular formula is C17H25NO4. The van der Waals surface area contributed by atoms with E-state index in [2.05, 4.69) is 5.32 Å². The first kappa shape index (κ1) is 18.2. The zero-order chi connectivity index (χ0) is 16.4.